The largest absolute Gasteiger partial charge is 0.350 e. The molecule has 0 saturated carbocycles. The molecule has 108 valence electrons. The van der Waals surface area contributed by atoms with Crippen molar-refractivity contribution in [3.63, 3.8) is 0 Å². The topological polar surface area (TPSA) is 48.3 Å². The standard InChI is InChI=1S/C14H25N3O2/c1-4-5-15-12(10-14-18-6-7-19-14)9-13-8-11(2)16-17(13)3/h8,12,14-15H,4-7,9-10H2,1-3H3. The molecule has 1 aliphatic heterocycles. The van der Waals surface area contributed by atoms with Crippen molar-refractivity contribution in [3.05, 3.63) is 17.5 Å². The van der Waals surface area contributed by atoms with E-state index in [1.54, 1.807) is 0 Å². The zero-order chi connectivity index (χ0) is 13.7. The molecule has 0 bridgehead atoms. The fourth-order valence-corrected chi connectivity index (χ4v) is 2.47. The van der Waals surface area contributed by atoms with Gasteiger partial charge in [-0.2, -0.15) is 5.10 Å². The second-order valence-electron chi connectivity index (χ2n) is 5.16. The van der Waals surface area contributed by atoms with Crippen molar-refractivity contribution in [2.45, 2.75) is 45.4 Å². The molecule has 0 aromatic carbocycles. The summed E-state index contributed by atoms with van der Waals surface area (Å²) >= 11 is 0. The van der Waals surface area contributed by atoms with Crippen molar-refractivity contribution < 1.29 is 9.47 Å². The zero-order valence-corrected chi connectivity index (χ0v) is 12.2. The van der Waals surface area contributed by atoms with Gasteiger partial charge in [0.25, 0.3) is 0 Å². The molecule has 1 aliphatic rings. The van der Waals surface area contributed by atoms with E-state index in [2.05, 4.69) is 23.4 Å². The van der Waals surface area contributed by atoms with E-state index in [1.165, 1.54) is 5.69 Å². The van der Waals surface area contributed by atoms with Gasteiger partial charge >= 0.3 is 0 Å². The third-order valence-electron chi connectivity index (χ3n) is 3.41. The fraction of sp³-hybridized carbons (Fsp3) is 0.786. The molecule has 0 aliphatic carbocycles. The van der Waals surface area contributed by atoms with Crippen LogP contribution in [0.3, 0.4) is 0 Å². The van der Waals surface area contributed by atoms with Crippen molar-refractivity contribution in [1.82, 2.24) is 15.1 Å². The maximum atomic E-state index is 5.55. The van der Waals surface area contributed by atoms with E-state index in [0.717, 1.165) is 44.7 Å². The minimum absolute atomic E-state index is 0.0521. The normalized spacial score (nSPS) is 18.1. The minimum atomic E-state index is -0.0521. The van der Waals surface area contributed by atoms with Gasteiger partial charge in [-0.3, -0.25) is 4.68 Å². The monoisotopic (exact) mass is 267 g/mol. The zero-order valence-electron chi connectivity index (χ0n) is 12.2. The fourth-order valence-electron chi connectivity index (χ4n) is 2.47. The Bertz CT molecular complexity index is 386. The van der Waals surface area contributed by atoms with Gasteiger partial charge in [0.05, 0.1) is 18.9 Å². The maximum Gasteiger partial charge on any atom is 0.159 e. The molecule has 1 aromatic heterocycles. The van der Waals surface area contributed by atoms with Crippen molar-refractivity contribution >= 4 is 0 Å². The van der Waals surface area contributed by atoms with Crippen molar-refractivity contribution in [1.29, 1.82) is 0 Å². The first-order chi connectivity index (χ1) is 9.19. The van der Waals surface area contributed by atoms with Gasteiger partial charge in [0.15, 0.2) is 6.29 Å². The molecule has 1 fully saturated rings. The van der Waals surface area contributed by atoms with Gasteiger partial charge < -0.3 is 14.8 Å². The van der Waals surface area contributed by atoms with Gasteiger partial charge in [0.2, 0.25) is 0 Å². The first kappa shape index (κ1) is 14.5. The molecule has 1 unspecified atom stereocenters. The van der Waals surface area contributed by atoms with Gasteiger partial charge in [-0.05, 0) is 26.0 Å². The lowest BCUT2D eigenvalue weighted by atomic mass is 10.1. The van der Waals surface area contributed by atoms with Gasteiger partial charge in [0, 0.05) is 31.6 Å². The van der Waals surface area contributed by atoms with Crippen molar-refractivity contribution in [2.24, 2.45) is 7.05 Å². The lowest BCUT2D eigenvalue weighted by molar-refractivity contribution is -0.0527. The summed E-state index contributed by atoms with van der Waals surface area (Å²) in [6, 6.07) is 2.52. The molecule has 0 spiro atoms. The molecule has 2 heterocycles. The van der Waals surface area contributed by atoms with E-state index in [9.17, 15) is 0 Å². The first-order valence-corrected chi connectivity index (χ1v) is 7.15. The van der Waals surface area contributed by atoms with E-state index in [-0.39, 0.29) is 6.29 Å². The number of hydrogen-bond acceptors (Lipinski definition) is 4. The highest BCUT2D eigenvalue weighted by molar-refractivity contribution is 5.10. The smallest absolute Gasteiger partial charge is 0.159 e. The number of nitrogens with one attached hydrogen (secondary N) is 1. The Morgan fingerprint density at radius 2 is 2.21 bits per heavy atom. The summed E-state index contributed by atoms with van der Waals surface area (Å²) in [4.78, 5) is 0. The Labute approximate surface area is 115 Å². The Hall–Kier alpha value is -0.910. The van der Waals surface area contributed by atoms with E-state index < -0.39 is 0 Å². The molecule has 1 N–H and O–H groups in total. The van der Waals surface area contributed by atoms with Crippen LogP contribution in [0, 0.1) is 6.92 Å². The summed E-state index contributed by atoms with van der Waals surface area (Å²) in [7, 11) is 2.00. The molecule has 1 aromatic rings. The van der Waals surface area contributed by atoms with Crippen molar-refractivity contribution in [2.75, 3.05) is 19.8 Å². The number of aryl methyl sites for hydroxylation is 2. The van der Waals surface area contributed by atoms with Crippen LogP contribution in [0.1, 0.15) is 31.2 Å². The minimum Gasteiger partial charge on any atom is -0.350 e. The Balaban J connectivity index is 1.93. The number of ether oxygens (including phenoxy) is 2. The molecule has 19 heavy (non-hydrogen) atoms. The molecule has 2 rings (SSSR count). The summed E-state index contributed by atoms with van der Waals surface area (Å²) in [6.07, 6.45) is 2.93. The average molecular weight is 267 g/mol. The third-order valence-corrected chi connectivity index (χ3v) is 3.41. The van der Waals surface area contributed by atoms with Gasteiger partial charge in [-0.25, -0.2) is 0 Å². The average Bonchev–Trinajstić information content (AvgIpc) is 2.97. The van der Waals surface area contributed by atoms with Crippen LogP contribution < -0.4 is 5.32 Å². The summed E-state index contributed by atoms with van der Waals surface area (Å²) in [5, 5.41) is 7.98. The van der Waals surface area contributed by atoms with Crippen LogP contribution >= 0.6 is 0 Å². The Morgan fingerprint density at radius 1 is 1.47 bits per heavy atom. The number of nitrogens with zero attached hydrogens (tertiary/aromatic N) is 2. The lowest BCUT2D eigenvalue weighted by Crippen LogP contribution is -2.36. The van der Waals surface area contributed by atoms with Gasteiger partial charge in [-0.1, -0.05) is 6.92 Å². The maximum absolute atomic E-state index is 5.55. The predicted octanol–water partition coefficient (Wildman–Crippen LogP) is 1.40. The number of rotatable bonds is 7. The molecule has 0 amide bonds. The van der Waals surface area contributed by atoms with Crippen molar-refractivity contribution in [3.8, 4) is 0 Å². The van der Waals surface area contributed by atoms with Gasteiger partial charge in [0.1, 0.15) is 0 Å². The van der Waals surface area contributed by atoms with Crippen LogP contribution in [0.4, 0.5) is 0 Å². The van der Waals surface area contributed by atoms with Crippen LogP contribution in [-0.4, -0.2) is 41.9 Å². The van der Waals surface area contributed by atoms with Crippen LogP contribution in [0.15, 0.2) is 6.07 Å². The summed E-state index contributed by atoms with van der Waals surface area (Å²) < 4.78 is 13.1. The lowest BCUT2D eigenvalue weighted by Gasteiger charge is -2.21. The second-order valence-corrected chi connectivity index (χ2v) is 5.16. The highest BCUT2D eigenvalue weighted by atomic mass is 16.7. The second kappa shape index (κ2) is 7.03. The summed E-state index contributed by atoms with van der Waals surface area (Å²) in [6.45, 7) is 6.67. The summed E-state index contributed by atoms with van der Waals surface area (Å²) in [5.41, 5.74) is 2.32. The Kier molecular flexibility index (Phi) is 5.36. The highest BCUT2D eigenvalue weighted by Gasteiger charge is 2.22. The molecular weight excluding hydrogens is 242 g/mol. The molecule has 1 saturated heterocycles. The molecular formula is C14H25N3O2. The van der Waals surface area contributed by atoms with Gasteiger partial charge in [-0.15, -0.1) is 0 Å². The molecule has 5 nitrogen and oxygen atoms in total. The molecule has 1 atom stereocenters. The van der Waals surface area contributed by atoms with Crippen LogP contribution in [0.5, 0.6) is 0 Å². The Morgan fingerprint density at radius 3 is 2.79 bits per heavy atom. The number of hydrogen-bond donors (Lipinski definition) is 1. The van der Waals surface area contributed by atoms with E-state index >= 15 is 0 Å². The third kappa shape index (κ3) is 4.30. The van der Waals surface area contributed by atoms with E-state index in [4.69, 9.17) is 9.47 Å². The SMILES string of the molecule is CCCNC(Cc1cc(C)nn1C)CC1OCCO1. The summed E-state index contributed by atoms with van der Waals surface area (Å²) in [5.74, 6) is 0. The van der Waals surface area contributed by atoms with Crippen LogP contribution in [0.2, 0.25) is 0 Å². The van der Waals surface area contributed by atoms with Crippen LogP contribution in [0.25, 0.3) is 0 Å². The quantitative estimate of drug-likeness (QED) is 0.811. The van der Waals surface area contributed by atoms with E-state index in [1.807, 2.05) is 18.7 Å². The van der Waals surface area contributed by atoms with E-state index in [0.29, 0.717) is 6.04 Å². The number of aromatic nitrogens is 2. The molecule has 5 heteroatoms. The highest BCUT2D eigenvalue weighted by Crippen LogP contribution is 2.14. The van der Waals surface area contributed by atoms with Crippen LogP contribution in [-0.2, 0) is 22.9 Å². The first-order valence-electron chi connectivity index (χ1n) is 7.15. The molecule has 0 radical (unpaired) electrons. The predicted molar refractivity (Wildman–Crippen MR) is 74.0 cm³/mol.